The summed E-state index contributed by atoms with van der Waals surface area (Å²) < 4.78 is 41.0. The van der Waals surface area contributed by atoms with Gasteiger partial charge in [-0.05, 0) is 19.1 Å². The first-order valence-corrected chi connectivity index (χ1v) is 5.68. The van der Waals surface area contributed by atoms with Crippen LogP contribution in [0.25, 0.3) is 11.1 Å². The fourth-order valence-corrected chi connectivity index (χ4v) is 1.70. The predicted molar refractivity (Wildman–Crippen MR) is 66.4 cm³/mol. The summed E-state index contributed by atoms with van der Waals surface area (Å²) in [6.07, 6.45) is -2.04. The number of hydrogen-bond donors (Lipinski definition) is 0. The number of para-hydroxylation sites is 1. The van der Waals surface area contributed by atoms with Crippen LogP contribution in [-0.4, -0.2) is 17.1 Å². The molecule has 0 saturated carbocycles. The first-order chi connectivity index (χ1) is 9.37. The minimum Gasteiger partial charge on any atom is -0.405 e. The Balaban J connectivity index is 2.47. The van der Waals surface area contributed by atoms with Crippen LogP contribution in [0.3, 0.4) is 0 Å². The molecule has 1 aromatic carbocycles. The third kappa shape index (κ3) is 3.34. The molecule has 0 aliphatic rings. The van der Waals surface area contributed by atoms with Crippen molar-refractivity contribution < 1.29 is 22.7 Å². The molecule has 104 valence electrons. The highest BCUT2D eigenvalue weighted by Crippen LogP contribution is 2.33. The Bertz CT molecular complexity index is 638. The molecule has 0 aliphatic carbocycles. The quantitative estimate of drug-likeness (QED) is 0.802. The number of rotatable bonds is 3. The van der Waals surface area contributed by atoms with Gasteiger partial charge in [0.25, 0.3) is 0 Å². The van der Waals surface area contributed by atoms with Crippen LogP contribution in [0, 0.1) is 0 Å². The fraction of sp³-hybridized carbons (Fsp3) is 0.143. The standard InChI is InChI=1S/C14H10F3NO2/c1-9(19)10-6-11(8-18-7-10)12-4-2-3-5-13(12)20-14(15,16)17/h2-8H,1H3. The third-order valence-electron chi connectivity index (χ3n) is 2.57. The van der Waals surface area contributed by atoms with Gasteiger partial charge in [0.15, 0.2) is 5.78 Å². The van der Waals surface area contributed by atoms with Crippen LogP contribution in [0.2, 0.25) is 0 Å². The molecule has 0 spiro atoms. The Morgan fingerprint density at radius 1 is 1.20 bits per heavy atom. The van der Waals surface area contributed by atoms with E-state index in [1.165, 1.54) is 43.6 Å². The molecule has 0 fully saturated rings. The molecule has 2 aromatic rings. The SMILES string of the molecule is CC(=O)c1cncc(-c2ccccc2OC(F)(F)F)c1. The number of carbonyl (C=O) groups is 1. The molecule has 0 N–H and O–H groups in total. The van der Waals surface area contributed by atoms with Crippen molar-refractivity contribution in [3.8, 4) is 16.9 Å². The normalized spacial score (nSPS) is 11.2. The van der Waals surface area contributed by atoms with Crippen molar-refractivity contribution in [2.24, 2.45) is 0 Å². The van der Waals surface area contributed by atoms with Gasteiger partial charge in [-0.1, -0.05) is 18.2 Å². The molecule has 0 amide bonds. The zero-order valence-electron chi connectivity index (χ0n) is 10.4. The average molecular weight is 281 g/mol. The van der Waals surface area contributed by atoms with Crippen LogP contribution < -0.4 is 4.74 Å². The monoisotopic (exact) mass is 281 g/mol. The molecule has 0 unspecified atom stereocenters. The number of Topliss-reactive ketones (excluding diaryl/α,β-unsaturated/α-hetero) is 1. The lowest BCUT2D eigenvalue weighted by Gasteiger charge is -2.13. The fourth-order valence-electron chi connectivity index (χ4n) is 1.70. The highest BCUT2D eigenvalue weighted by Gasteiger charge is 2.32. The number of hydrogen-bond acceptors (Lipinski definition) is 3. The molecule has 1 heterocycles. The van der Waals surface area contributed by atoms with Gasteiger partial charge in [-0.15, -0.1) is 13.2 Å². The molecule has 0 bridgehead atoms. The molecule has 0 saturated heterocycles. The second kappa shape index (κ2) is 5.32. The summed E-state index contributed by atoms with van der Waals surface area (Å²) in [5.41, 5.74) is 0.933. The van der Waals surface area contributed by atoms with Crippen LogP contribution >= 0.6 is 0 Å². The van der Waals surface area contributed by atoms with Gasteiger partial charge in [0.1, 0.15) is 5.75 Å². The van der Waals surface area contributed by atoms with Crippen molar-refractivity contribution in [2.75, 3.05) is 0 Å². The van der Waals surface area contributed by atoms with Gasteiger partial charge < -0.3 is 4.74 Å². The minimum absolute atomic E-state index is 0.214. The van der Waals surface area contributed by atoms with Gasteiger partial charge in [-0.25, -0.2) is 0 Å². The van der Waals surface area contributed by atoms with Gasteiger partial charge in [0.2, 0.25) is 0 Å². The molecule has 0 aliphatic heterocycles. The second-order valence-corrected chi connectivity index (χ2v) is 4.06. The topological polar surface area (TPSA) is 39.2 Å². The molecule has 1 aromatic heterocycles. The maximum absolute atomic E-state index is 12.4. The summed E-state index contributed by atoms with van der Waals surface area (Å²) in [6, 6.07) is 7.19. The Labute approximate surface area is 113 Å². The van der Waals surface area contributed by atoms with E-state index in [-0.39, 0.29) is 17.1 Å². The Kier molecular flexibility index (Phi) is 3.74. The van der Waals surface area contributed by atoms with Gasteiger partial charge in [0.05, 0.1) is 0 Å². The van der Waals surface area contributed by atoms with Crippen molar-refractivity contribution in [2.45, 2.75) is 13.3 Å². The Hall–Kier alpha value is -2.37. The number of carbonyl (C=O) groups excluding carboxylic acids is 1. The van der Waals surface area contributed by atoms with Crippen molar-refractivity contribution in [1.29, 1.82) is 0 Å². The van der Waals surface area contributed by atoms with Crippen molar-refractivity contribution in [1.82, 2.24) is 4.98 Å². The zero-order chi connectivity index (χ0) is 14.8. The van der Waals surface area contributed by atoms with E-state index < -0.39 is 6.36 Å². The number of nitrogens with zero attached hydrogens (tertiary/aromatic N) is 1. The number of halogens is 3. The van der Waals surface area contributed by atoms with E-state index in [1.807, 2.05) is 0 Å². The molecule has 6 heteroatoms. The van der Waals surface area contributed by atoms with E-state index in [1.54, 1.807) is 6.07 Å². The zero-order valence-corrected chi connectivity index (χ0v) is 10.4. The smallest absolute Gasteiger partial charge is 0.405 e. The number of pyridine rings is 1. The molecule has 20 heavy (non-hydrogen) atoms. The maximum Gasteiger partial charge on any atom is 0.573 e. The molecule has 0 atom stereocenters. The summed E-state index contributed by atoms with van der Waals surface area (Å²) in [5, 5.41) is 0. The van der Waals surface area contributed by atoms with Gasteiger partial charge in [-0.3, -0.25) is 9.78 Å². The van der Waals surface area contributed by atoms with E-state index in [0.29, 0.717) is 11.1 Å². The summed E-state index contributed by atoms with van der Waals surface area (Å²) in [7, 11) is 0. The van der Waals surface area contributed by atoms with Crippen molar-refractivity contribution in [3.05, 3.63) is 48.3 Å². The van der Waals surface area contributed by atoms with E-state index in [4.69, 9.17) is 0 Å². The largest absolute Gasteiger partial charge is 0.573 e. The van der Waals surface area contributed by atoms with Crippen molar-refractivity contribution >= 4 is 5.78 Å². The summed E-state index contributed by atoms with van der Waals surface area (Å²) in [4.78, 5) is 15.2. The summed E-state index contributed by atoms with van der Waals surface area (Å²) in [6.45, 7) is 1.36. The van der Waals surface area contributed by atoms with E-state index in [9.17, 15) is 18.0 Å². The lowest BCUT2D eigenvalue weighted by molar-refractivity contribution is -0.274. The lowest BCUT2D eigenvalue weighted by atomic mass is 10.0. The molecule has 3 nitrogen and oxygen atoms in total. The summed E-state index contributed by atoms with van der Waals surface area (Å²) >= 11 is 0. The maximum atomic E-state index is 12.4. The van der Waals surface area contributed by atoms with Crippen LogP contribution in [0.5, 0.6) is 5.75 Å². The minimum atomic E-state index is -4.78. The lowest BCUT2D eigenvalue weighted by Crippen LogP contribution is -2.17. The molecular weight excluding hydrogens is 271 g/mol. The third-order valence-corrected chi connectivity index (χ3v) is 2.57. The highest BCUT2D eigenvalue weighted by atomic mass is 19.4. The average Bonchev–Trinajstić information content (AvgIpc) is 2.37. The second-order valence-electron chi connectivity index (χ2n) is 4.06. The van der Waals surface area contributed by atoms with Gasteiger partial charge in [0, 0.05) is 29.1 Å². The van der Waals surface area contributed by atoms with E-state index in [2.05, 4.69) is 9.72 Å². The number of benzene rings is 1. The number of aromatic nitrogens is 1. The molecule has 2 rings (SSSR count). The van der Waals surface area contributed by atoms with Gasteiger partial charge >= 0.3 is 6.36 Å². The van der Waals surface area contributed by atoms with Crippen LogP contribution in [0.1, 0.15) is 17.3 Å². The first kappa shape index (κ1) is 14.0. The Morgan fingerprint density at radius 2 is 1.90 bits per heavy atom. The molecular formula is C14H10F3NO2. The van der Waals surface area contributed by atoms with E-state index in [0.717, 1.165) is 0 Å². The van der Waals surface area contributed by atoms with Crippen molar-refractivity contribution in [3.63, 3.8) is 0 Å². The first-order valence-electron chi connectivity index (χ1n) is 5.68. The summed E-state index contributed by atoms with van der Waals surface area (Å²) in [5.74, 6) is -0.545. The van der Waals surface area contributed by atoms with Crippen LogP contribution in [0.4, 0.5) is 13.2 Å². The highest BCUT2D eigenvalue weighted by molar-refractivity contribution is 5.95. The molecule has 0 radical (unpaired) electrons. The Morgan fingerprint density at radius 3 is 2.55 bits per heavy atom. The van der Waals surface area contributed by atoms with Crippen LogP contribution in [-0.2, 0) is 0 Å². The van der Waals surface area contributed by atoms with Crippen LogP contribution in [0.15, 0.2) is 42.7 Å². The van der Waals surface area contributed by atoms with E-state index >= 15 is 0 Å². The number of alkyl halides is 3. The predicted octanol–water partition coefficient (Wildman–Crippen LogP) is 3.85. The van der Waals surface area contributed by atoms with Gasteiger partial charge in [-0.2, -0.15) is 0 Å². The number of ether oxygens (including phenoxy) is 1. The number of ketones is 1.